The minimum Gasteiger partial charge on any atom is -0.384 e. The number of rotatable bonds is 15. The van der Waals surface area contributed by atoms with Gasteiger partial charge in [0.1, 0.15) is 0 Å². The maximum atomic E-state index is 5.88. The molecule has 0 bridgehead atoms. The predicted octanol–water partition coefficient (Wildman–Crippen LogP) is 8.47. The molecule has 1 heteroatoms. The van der Waals surface area contributed by atoms with E-state index in [-0.39, 0.29) is 5.41 Å². The van der Waals surface area contributed by atoms with E-state index in [4.69, 9.17) is 4.74 Å². The summed E-state index contributed by atoms with van der Waals surface area (Å²) >= 11 is 0. The molecule has 0 fully saturated rings. The molecule has 0 aliphatic carbocycles. The maximum absolute atomic E-state index is 5.88. The maximum Gasteiger partial charge on any atom is 0.0574 e. The van der Waals surface area contributed by atoms with Crippen LogP contribution >= 0.6 is 0 Å². The third-order valence-electron chi connectivity index (χ3n) is 7.22. The molecule has 0 aliphatic heterocycles. The normalized spacial score (nSPS) is 16.3. The Morgan fingerprint density at radius 2 is 1.46 bits per heavy atom. The highest BCUT2D eigenvalue weighted by atomic mass is 16.5. The van der Waals surface area contributed by atoms with Crippen LogP contribution in [0.1, 0.15) is 105 Å². The van der Waals surface area contributed by atoms with Gasteiger partial charge in [-0.2, -0.15) is 0 Å². The first kappa shape index (κ1) is 25.2. The molecular weight excluding hydrogens is 340 g/mol. The molecule has 1 rings (SSSR count). The minimum atomic E-state index is 0.181. The molecule has 0 spiro atoms. The fraction of sp³-hybridized carbons (Fsp3) is 0.741. The Morgan fingerprint density at radius 1 is 0.857 bits per heavy atom. The number of unbranched alkanes of at least 4 members (excludes halogenated alkanes) is 2. The van der Waals surface area contributed by atoms with Gasteiger partial charge in [0.2, 0.25) is 0 Å². The summed E-state index contributed by atoms with van der Waals surface area (Å²) in [5.41, 5.74) is 1.91. The largest absolute Gasteiger partial charge is 0.384 e. The van der Waals surface area contributed by atoms with Gasteiger partial charge in [-0.3, -0.25) is 0 Å². The van der Waals surface area contributed by atoms with Crippen molar-refractivity contribution < 1.29 is 4.74 Å². The van der Waals surface area contributed by atoms with Crippen LogP contribution in [0.2, 0.25) is 0 Å². The molecule has 1 aromatic carbocycles. The van der Waals surface area contributed by atoms with Gasteiger partial charge in [0.05, 0.1) is 6.61 Å². The van der Waals surface area contributed by atoms with E-state index in [9.17, 15) is 0 Å². The van der Waals surface area contributed by atoms with Crippen LogP contribution in [-0.4, -0.2) is 13.7 Å². The summed E-state index contributed by atoms with van der Waals surface area (Å²) in [5.74, 6) is 2.14. The molecule has 0 heterocycles. The summed E-state index contributed by atoms with van der Waals surface area (Å²) in [5, 5.41) is 0. The van der Waals surface area contributed by atoms with Gasteiger partial charge in [0.15, 0.2) is 0 Å². The van der Waals surface area contributed by atoms with Gasteiger partial charge in [-0.25, -0.2) is 0 Å². The van der Waals surface area contributed by atoms with E-state index >= 15 is 0 Å². The highest BCUT2D eigenvalue weighted by Crippen LogP contribution is 2.62. The monoisotopic (exact) mass is 387 g/mol. The molecule has 1 radical (unpaired) electrons. The zero-order valence-corrected chi connectivity index (χ0v) is 19.9. The van der Waals surface area contributed by atoms with Crippen molar-refractivity contribution in [3.05, 3.63) is 41.8 Å². The average molecular weight is 388 g/mol. The molecule has 0 N–H and O–H groups in total. The summed E-state index contributed by atoms with van der Waals surface area (Å²) in [6, 6.07) is 11.1. The van der Waals surface area contributed by atoms with E-state index in [2.05, 4.69) is 71.9 Å². The molecule has 2 unspecified atom stereocenters. The van der Waals surface area contributed by atoms with Crippen LogP contribution in [0.5, 0.6) is 0 Å². The Kier molecular flexibility index (Phi) is 11.4. The molecule has 28 heavy (non-hydrogen) atoms. The van der Waals surface area contributed by atoms with Crippen molar-refractivity contribution in [2.75, 3.05) is 13.7 Å². The predicted molar refractivity (Wildman–Crippen MR) is 125 cm³/mol. The number of benzene rings is 1. The first-order valence-corrected chi connectivity index (χ1v) is 11.9. The molecule has 1 aromatic rings. The van der Waals surface area contributed by atoms with Crippen molar-refractivity contribution in [2.24, 2.45) is 16.7 Å². The van der Waals surface area contributed by atoms with Crippen LogP contribution in [0.3, 0.4) is 0 Å². The highest BCUT2D eigenvalue weighted by molar-refractivity contribution is 5.37. The SMILES string of the molecule is CCCCC(CC)(CCC)C(CCCC)([C](COC)c1ccccc1)C(C)C. The minimum absolute atomic E-state index is 0.181. The van der Waals surface area contributed by atoms with Crippen LogP contribution in [0.15, 0.2) is 30.3 Å². The zero-order valence-electron chi connectivity index (χ0n) is 19.9. The van der Waals surface area contributed by atoms with Gasteiger partial charge < -0.3 is 4.74 Å². The number of methoxy groups -OCH3 is 1. The van der Waals surface area contributed by atoms with Gasteiger partial charge in [-0.05, 0) is 48.0 Å². The number of hydrogen-bond acceptors (Lipinski definition) is 1. The molecule has 0 aromatic heterocycles. The van der Waals surface area contributed by atoms with Gasteiger partial charge in [0, 0.05) is 13.0 Å². The van der Waals surface area contributed by atoms with Gasteiger partial charge >= 0.3 is 0 Å². The quantitative estimate of drug-likeness (QED) is 0.293. The lowest BCUT2D eigenvalue weighted by Gasteiger charge is -2.58. The van der Waals surface area contributed by atoms with Crippen LogP contribution in [0.25, 0.3) is 0 Å². The highest BCUT2D eigenvalue weighted by Gasteiger charge is 2.55. The summed E-state index contributed by atoms with van der Waals surface area (Å²) in [4.78, 5) is 0. The van der Waals surface area contributed by atoms with Crippen molar-refractivity contribution in [1.82, 2.24) is 0 Å². The van der Waals surface area contributed by atoms with E-state index < -0.39 is 0 Å². The molecular formula is C27H47O. The third kappa shape index (κ3) is 5.41. The third-order valence-corrected chi connectivity index (χ3v) is 7.22. The van der Waals surface area contributed by atoms with Crippen molar-refractivity contribution in [2.45, 2.75) is 99.3 Å². The Morgan fingerprint density at radius 3 is 1.93 bits per heavy atom. The lowest BCUT2D eigenvalue weighted by Crippen LogP contribution is -2.51. The van der Waals surface area contributed by atoms with Crippen LogP contribution in [0, 0.1) is 22.7 Å². The first-order valence-electron chi connectivity index (χ1n) is 11.9. The average Bonchev–Trinajstić information content (AvgIpc) is 2.71. The Bertz CT molecular complexity index is 508. The van der Waals surface area contributed by atoms with E-state index in [1.807, 2.05) is 7.11 Å². The Labute approximate surface area is 176 Å². The molecule has 161 valence electrons. The van der Waals surface area contributed by atoms with Gasteiger partial charge in [-0.1, -0.05) is 104 Å². The van der Waals surface area contributed by atoms with Crippen molar-refractivity contribution in [3.63, 3.8) is 0 Å². The standard InChI is InChI=1S/C27H47O/c1-8-12-20-26(11-4,19-10-3)27(23(5)6,21-13-9-2)25(22-28-7)24-17-15-14-16-18-24/h14-18,23H,8-13,19-22H2,1-7H3. The van der Waals surface area contributed by atoms with Gasteiger partial charge in [0.25, 0.3) is 0 Å². The fourth-order valence-electron chi connectivity index (χ4n) is 5.93. The van der Waals surface area contributed by atoms with Crippen molar-refractivity contribution in [1.29, 1.82) is 0 Å². The second-order valence-electron chi connectivity index (χ2n) is 8.99. The lowest BCUT2D eigenvalue weighted by atomic mass is 9.46. The molecule has 1 nitrogen and oxygen atoms in total. The molecule has 0 saturated heterocycles. The molecule has 0 aliphatic rings. The number of hydrogen-bond donors (Lipinski definition) is 0. The Balaban J connectivity index is 3.71. The first-order chi connectivity index (χ1) is 13.5. The molecule has 0 amide bonds. The molecule has 2 atom stereocenters. The van der Waals surface area contributed by atoms with Crippen LogP contribution in [0.4, 0.5) is 0 Å². The van der Waals surface area contributed by atoms with Gasteiger partial charge in [-0.15, -0.1) is 0 Å². The van der Waals surface area contributed by atoms with E-state index in [0.717, 1.165) is 6.61 Å². The van der Waals surface area contributed by atoms with E-state index in [0.29, 0.717) is 11.3 Å². The summed E-state index contributed by atoms with van der Waals surface area (Å²) in [6.45, 7) is 15.2. The van der Waals surface area contributed by atoms with E-state index in [1.54, 1.807) is 5.92 Å². The number of ether oxygens (including phenoxy) is 1. The van der Waals surface area contributed by atoms with Crippen molar-refractivity contribution in [3.8, 4) is 0 Å². The second-order valence-corrected chi connectivity index (χ2v) is 8.99. The summed E-state index contributed by atoms with van der Waals surface area (Å²) in [6.07, 6.45) is 11.6. The summed E-state index contributed by atoms with van der Waals surface area (Å²) < 4.78 is 5.88. The Hall–Kier alpha value is -0.820. The van der Waals surface area contributed by atoms with Crippen molar-refractivity contribution >= 4 is 0 Å². The lowest BCUT2D eigenvalue weighted by molar-refractivity contribution is -0.0389. The van der Waals surface area contributed by atoms with Crippen LogP contribution in [-0.2, 0) is 4.74 Å². The summed E-state index contributed by atoms with van der Waals surface area (Å²) in [7, 11) is 1.87. The topological polar surface area (TPSA) is 9.23 Å². The fourth-order valence-corrected chi connectivity index (χ4v) is 5.93. The van der Waals surface area contributed by atoms with Crippen LogP contribution < -0.4 is 0 Å². The zero-order chi connectivity index (χ0) is 21.0. The smallest absolute Gasteiger partial charge is 0.0574 e. The molecule has 0 saturated carbocycles. The second kappa shape index (κ2) is 12.7. The van der Waals surface area contributed by atoms with E-state index in [1.165, 1.54) is 63.4 Å².